The van der Waals surface area contributed by atoms with Crippen molar-refractivity contribution in [2.45, 2.75) is 33.4 Å². The van der Waals surface area contributed by atoms with Gasteiger partial charge in [-0.15, -0.1) is 24.0 Å². The van der Waals surface area contributed by atoms with Crippen LogP contribution >= 0.6 is 24.0 Å². The van der Waals surface area contributed by atoms with Crippen molar-refractivity contribution in [3.8, 4) is 5.69 Å². The monoisotopic (exact) mass is 569 g/mol. The molecule has 4 aromatic rings. The quantitative estimate of drug-likeness (QED) is 0.189. The van der Waals surface area contributed by atoms with Gasteiger partial charge in [-0.25, -0.2) is 9.67 Å². The molecule has 8 heteroatoms. The van der Waals surface area contributed by atoms with Crippen molar-refractivity contribution in [2.24, 2.45) is 4.99 Å². The second-order valence-corrected chi connectivity index (χ2v) is 8.03. The van der Waals surface area contributed by atoms with Gasteiger partial charge in [-0.2, -0.15) is 5.10 Å². The van der Waals surface area contributed by atoms with Gasteiger partial charge in [0.05, 0.1) is 11.4 Å². The highest BCUT2D eigenvalue weighted by molar-refractivity contribution is 14.0. The molecule has 7 nitrogen and oxygen atoms in total. The minimum atomic E-state index is 0. The van der Waals surface area contributed by atoms with E-state index >= 15 is 0 Å². The molecule has 0 aliphatic rings. The third-order valence-electron chi connectivity index (χ3n) is 5.54. The Labute approximate surface area is 218 Å². The first kappa shape index (κ1) is 25.5. The number of benzene rings is 2. The topological polar surface area (TPSA) is 72.1 Å². The Morgan fingerprint density at radius 1 is 1.00 bits per heavy atom. The maximum Gasteiger partial charge on any atom is 0.191 e. The molecular formula is C26H32IN7. The molecule has 0 saturated carbocycles. The van der Waals surface area contributed by atoms with E-state index in [2.05, 4.69) is 85.7 Å². The first-order valence-electron chi connectivity index (χ1n) is 11.2. The number of para-hydroxylation sites is 1. The lowest BCUT2D eigenvalue weighted by Gasteiger charge is -2.15. The van der Waals surface area contributed by atoms with Gasteiger partial charge in [-0.3, -0.25) is 4.99 Å². The average Bonchev–Trinajstić information content (AvgIpc) is 3.41. The van der Waals surface area contributed by atoms with Crippen molar-refractivity contribution < 1.29 is 0 Å². The molecule has 0 radical (unpaired) electrons. The van der Waals surface area contributed by atoms with Gasteiger partial charge in [0.15, 0.2) is 5.96 Å². The third-order valence-corrected chi connectivity index (χ3v) is 5.54. The zero-order valence-corrected chi connectivity index (χ0v) is 22.2. The zero-order chi connectivity index (χ0) is 23.0. The van der Waals surface area contributed by atoms with Gasteiger partial charge in [0.25, 0.3) is 0 Å². The Morgan fingerprint density at radius 3 is 2.50 bits per heavy atom. The lowest BCUT2D eigenvalue weighted by atomic mass is 10.1. The highest BCUT2D eigenvalue weighted by Crippen LogP contribution is 2.17. The minimum Gasteiger partial charge on any atom is -0.356 e. The number of hydrogen-bond donors (Lipinski definition) is 2. The van der Waals surface area contributed by atoms with Crippen molar-refractivity contribution in [3.63, 3.8) is 0 Å². The highest BCUT2D eigenvalue weighted by Gasteiger charge is 2.10. The number of rotatable bonds is 8. The van der Waals surface area contributed by atoms with E-state index in [-0.39, 0.29) is 24.0 Å². The van der Waals surface area contributed by atoms with Crippen LogP contribution in [0.5, 0.6) is 0 Å². The van der Waals surface area contributed by atoms with Crippen LogP contribution in [0, 0.1) is 13.8 Å². The van der Waals surface area contributed by atoms with Gasteiger partial charge < -0.3 is 15.2 Å². The van der Waals surface area contributed by atoms with Gasteiger partial charge in [0.1, 0.15) is 5.82 Å². The number of nitrogens with one attached hydrogen (secondary N) is 2. The summed E-state index contributed by atoms with van der Waals surface area (Å²) in [5.41, 5.74) is 5.63. The largest absolute Gasteiger partial charge is 0.356 e. The number of imidazole rings is 1. The Hall–Kier alpha value is -3.14. The fraction of sp³-hybridized carbons (Fsp3) is 0.269. The van der Waals surface area contributed by atoms with Gasteiger partial charge in [-0.05, 0) is 37.1 Å². The predicted octanol–water partition coefficient (Wildman–Crippen LogP) is 4.26. The molecular weight excluding hydrogens is 537 g/mol. The van der Waals surface area contributed by atoms with E-state index in [0.717, 1.165) is 53.9 Å². The molecule has 0 amide bonds. The average molecular weight is 569 g/mol. The van der Waals surface area contributed by atoms with Crippen molar-refractivity contribution in [1.29, 1.82) is 0 Å². The van der Waals surface area contributed by atoms with Crippen LogP contribution in [-0.2, 0) is 19.5 Å². The summed E-state index contributed by atoms with van der Waals surface area (Å²) >= 11 is 0. The lowest BCUT2D eigenvalue weighted by molar-refractivity contribution is 0.693. The molecule has 2 aromatic carbocycles. The van der Waals surface area contributed by atoms with E-state index in [0.29, 0.717) is 6.54 Å². The molecule has 2 aromatic heterocycles. The Balaban J connectivity index is 0.00000324. The van der Waals surface area contributed by atoms with Gasteiger partial charge in [-0.1, -0.05) is 48.5 Å². The predicted molar refractivity (Wildman–Crippen MR) is 148 cm³/mol. The van der Waals surface area contributed by atoms with Crippen LogP contribution in [-0.4, -0.2) is 38.9 Å². The van der Waals surface area contributed by atoms with Gasteiger partial charge in [0.2, 0.25) is 0 Å². The summed E-state index contributed by atoms with van der Waals surface area (Å²) in [4.78, 5) is 8.92. The van der Waals surface area contributed by atoms with Gasteiger partial charge >= 0.3 is 0 Å². The number of halogens is 1. The molecule has 0 spiro atoms. The van der Waals surface area contributed by atoms with Crippen LogP contribution in [0.4, 0.5) is 0 Å². The number of hydrogen-bond acceptors (Lipinski definition) is 3. The van der Waals surface area contributed by atoms with E-state index < -0.39 is 0 Å². The van der Waals surface area contributed by atoms with E-state index in [4.69, 9.17) is 0 Å². The summed E-state index contributed by atoms with van der Waals surface area (Å²) in [5, 5.41) is 11.5. The molecule has 2 N–H and O–H groups in total. The standard InChI is InChI=1S/C26H31N7.HI/c1-20-17-21(2)33(31-20)24-12-8-7-11-23(24)18-30-26(27-3)29-14-13-25-28-15-16-32(25)19-22-9-5-4-6-10-22;/h4-12,15-17H,13-14,18-19H2,1-3H3,(H2,27,29,30);1H. The maximum atomic E-state index is 4.64. The second kappa shape index (κ2) is 12.4. The number of guanidine groups is 1. The molecule has 0 atom stereocenters. The van der Waals surface area contributed by atoms with Crippen LogP contribution in [0.1, 0.15) is 28.3 Å². The summed E-state index contributed by atoms with van der Waals surface area (Å²) in [6, 6.07) is 20.8. The Morgan fingerprint density at radius 2 is 1.76 bits per heavy atom. The molecule has 0 unspecified atom stereocenters. The molecule has 34 heavy (non-hydrogen) atoms. The van der Waals surface area contributed by atoms with E-state index in [1.54, 1.807) is 7.05 Å². The second-order valence-electron chi connectivity index (χ2n) is 8.03. The SMILES string of the molecule is CN=C(NCCc1nccn1Cc1ccccc1)NCc1ccccc1-n1nc(C)cc1C.I. The number of nitrogens with zero attached hydrogens (tertiary/aromatic N) is 5. The Bertz CT molecular complexity index is 1210. The number of aliphatic imine (C=N–C) groups is 1. The highest BCUT2D eigenvalue weighted by atomic mass is 127. The summed E-state index contributed by atoms with van der Waals surface area (Å²) in [6.45, 7) is 6.31. The smallest absolute Gasteiger partial charge is 0.191 e. The zero-order valence-electron chi connectivity index (χ0n) is 19.9. The van der Waals surface area contributed by atoms with Crippen molar-refractivity contribution in [3.05, 3.63) is 101 Å². The molecule has 178 valence electrons. The van der Waals surface area contributed by atoms with Crippen molar-refractivity contribution in [1.82, 2.24) is 30.0 Å². The van der Waals surface area contributed by atoms with Crippen molar-refractivity contribution in [2.75, 3.05) is 13.6 Å². The first-order valence-corrected chi connectivity index (χ1v) is 11.2. The molecule has 2 heterocycles. The number of aryl methyl sites for hydroxylation is 2. The third kappa shape index (κ3) is 6.47. The van der Waals surface area contributed by atoms with Crippen molar-refractivity contribution >= 4 is 29.9 Å². The lowest BCUT2D eigenvalue weighted by Crippen LogP contribution is -2.38. The normalized spacial score (nSPS) is 11.2. The van der Waals surface area contributed by atoms with Crippen LogP contribution in [0.25, 0.3) is 5.69 Å². The van der Waals surface area contributed by atoms with Gasteiger partial charge in [0, 0.05) is 51.2 Å². The molecule has 0 fully saturated rings. The fourth-order valence-electron chi connectivity index (χ4n) is 3.92. The van der Waals surface area contributed by atoms with Crippen LogP contribution in [0.15, 0.2) is 78.0 Å². The number of aromatic nitrogens is 4. The van der Waals surface area contributed by atoms with E-state index in [1.165, 1.54) is 5.56 Å². The summed E-state index contributed by atoms with van der Waals surface area (Å²) < 4.78 is 4.19. The Kier molecular flexibility index (Phi) is 9.26. The minimum absolute atomic E-state index is 0. The van der Waals surface area contributed by atoms with E-state index in [1.807, 2.05) is 36.1 Å². The molecule has 4 rings (SSSR count). The van der Waals surface area contributed by atoms with E-state index in [9.17, 15) is 0 Å². The molecule has 0 saturated heterocycles. The van der Waals surface area contributed by atoms with Crippen LogP contribution in [0.3, 0.4) is 0 Å². The molecule has 0 bridgehead atoms. The van der Waals surface area contributed by atoms with Crippen LogP contribution < -0.4 is 10.6 Å². The molecule has 0 aliphatic heterocycles. The molecule has 0 aliphatic carbocycles. The maximum absolute atomic E-state index is 4.64. The first-order chi connectivity index (χ1) is 16.1. The van der Waals surface area contributed by atoms with Crippen LogP contribution in [0.2, 0.25) is 0 Å². The fourth-order valence-corrected chi connectivity index (χ4v) is 3.92. The summed E-state index contributed by atoms with van der Waals surface area (Å²) in [7, 11) is 1.79. The summed E-state index contributed by atoms with van der Waals surface area (Å²) in [6.07, 6.45) is 4.70. The summed E-state index contributed by atoms with van der Waals surface area (Å²) in [5.74, 6) is 1.82.